The van der Waals surface area contributed by atoms with Crippen LogP contribution in [0, 0.1) is 0 Å². The molecule has 1 amide bonds. The van der Waals surface area contributed by atoms with E-state index in [0.29, 0.717) is 18.7 Å². The van der Waals surface area contributed by atoms with E-state index in [0.717, 1.165) is 36.0 Å². The summed E-state index contributed by atoms with van der Waals surface area (Å²) < 4.78 is 5.63. The summed E-state index contributed by atoms with van der Waals surface area (Å²) in [6, 6.07) is 13.0. The minimum absolute atomic E-state index is 0.422. The number of carboxylic acids is 1. The summed E-state index contributed by atoms with van der Waals surface area (Å²) in [7, 11) is 0. The lowest BCUT2D eigenvalue weighted by molar-refractivity contribution is -0.143. The molecular weight excluding hydrogens is 318 g/mol. The number of carbonyl (C=O) groups excluding carboxylic acids is 1. The van der Waals surface area contributed by atoms with E-state index in [-0.39, 0.29) is 0 Å². The van der Waals surface area contributed by atoms with Gasteiger partial charge in [-0.1, -0.05) is 36.4 Å². The van der Waals surface area contributed by atoms with Gasteiger partial charge in [-0.25, -0.2) is 9.59 Å². The van der Waals surface area contributed by atoms with Crippen LogP contribution in [-0.2, 0) is 11.2 Å². The summed E-state index contributed by atoms with van der Waals surface area (Å²) in [4.78, 5) is 25.3. The predicted octanol–water partition coefficient (Wildman–Crippen LogP) is 3.70. The van der Waals surface area contributed by atoms with Crippen LogP contribution in [0.4, 0.5) is 4.79 Å². The van der Waals surface area contributed by atoms with Crippen LogP contribution in [0.5, 0.6) is 5.75 Å². The van der Waals surface area contributed by atoms with Gasteiger partial charge in [-0.15, -0.1) is 0 Å². The lowest BCUT2D eigenvalue weighted by Crippen LogP contribution is -2.49. The highest BCUT2D eigenvalue weighted by molar-refractivity contribution is 5.83. The van der Waals surface area contributed by atoms with Gasteiger partial charge < -0.3 is 9.84 Å². The number of ether oxygens (including phenoxy) is 1. The number of carboxylic acid groups (broad SMARTS) is 1. The Kier molecular flexibility index (Phi) is 3.92. The molecule has 1 unspecified atom stereocenters. The van der Waals surface area contributed by atoms with Crippen LogP contribution in [0.2, 0.25) is 0 Å². The van der Waals surface area contributed by atoms with Crippen LogP contribution in [0.25, 0.3) is 11.1 Å². The molecule has 0 aromatic heterocycles. The monoisotopic (exact) mass is 337 g/mol. The van der Waals surface area contributed by atoms with Crippen molar-refractivity contribution in [3.05, 3.63) is 53.6 Å². The second kappa shape index (κ2) is 6.24. The average molecular weight is 337 g/mol. The molecule has 1 fully saturated rings. The van der Waals surface area contributed by atoms with Gasteiger partial charge in [0.15, 0.2) is 0 Å². The average Bonchev–Trinajstić information content (AvgIpc) is 3.01. The molecule has 1 atom stereocenters. The summed E-state index contributed by atoms with van der Waals surface area (Å²) in [6.45, 7) is 0.422. The van der Waals surface area contributed by atoms with Crippen molar-refractivity contribution in [3.8, 4) is 16.9 Å². The molecule has 1 aliphatic carbocycles. The van der Waals surface area contributed by atoms with Crippen LogP contribution in [0.15, 0.2) is 42.5 Å². The highest BCUT2D eigenvalue weighted by Crippen LogP contribution is 2.41. The molecule has 2 aromatic rings. The predicted molar refractivity (Wildman–Crippen MR) is 92.7 cm³/mol. The second-order valence-corrected chi connectivity index (χ2v) is 6.53. The zero-order valence-electron chi connectivity index (χ0n) is 13.8. The number of benzene rings is 2. The highest BCUT2D eigenvalue weighted by atomic mass is 16.6. The SMILES string of the molecule is O=C(O)C1CCCCN1C(=O)Oc1cccc2c1Cc1ccccc1-2. The molecule has 2 aromatic carbocycles. The Morgan fingerprint density at radius 2 is 1.84 bits per heavy atom. The van der Waals surface area contributed by atoms with Crippen molar-refractivity contribution < 1.29 is 19.4 Å². The molecule has 0 saturated carbocycles. The topological polar surface area (TPSA) is 66.8 Å². The van der Waals surface area contributed by atoms with Gasteiger partial charge in [0.2, 0.25) is 0 Å². The normalized spacial score (nSPS) is 18.4. The van der Waals surface area contributed by atoms with E-state index in [1.54, 1.807) is 6.07 Å². The van der Waals surface area contributed by atoms with Crippen molar-refractivity contribution in [1.29, 1.82) is 0 Å². The molecule has 1 aliphatic heterocycles. The van der Waals surface area contributed by atoms with Gasteiger partial charge in [0.1, 0.15) is 11.8 Å². The molecule has 5 heteroatoms. The number of piperidine rings is 1. The zero-order valence-corrected chi connectivity index (χ0v) is 13.8. The smallest absolute Gasteiger partial charge is 0.415 e. The maximum absolute atomic E-state index is 12.6. The quantitative estimate of drug-likeness (QED) is 0.774. The molecular formula is C20H19NO4. The third-order valence-electron chi connectivity index (χ3n) is 5.03. The van der Waals surface area contributed by atoms with E-state index in [4.69, 9.17) is 4.74 Å². The van der Waals surface area contributed by atoms with E-state index in [2.05, 4.69) is 12.1 Å². The Labute approximate surface area is 145 Å². The van der Waals surface area contributed by atoms with Crippen molar-refractivity contribution in [2.75, 3.05) is 6.54 Å². The number of aliphatic carboxylic acids is 1. The maximum Gasteiger partial charge on any atom is 0.415 e. The molecule has 1 N–H and O–H groups in total. The van der Waals surface area contributed by atoms with E-state index in [1.165, 1.54) is 10.5 Å². The molecule has 25 heavy (non-hydrogen) atoms. The van der Waals surface area contributed by atoms with E-state index in [9.17, 15) is 14.7 Å². The Morgan fingerprint density at radius 1 is 1.04 bits per heavy atom. The minimum Gasteiger partial charge on any atom is -0.480 e. The summed E-state index contributed by atoms with van der Waals surface area (Å²) >= 11 is 0. The fourth-order valence-corrected chi connectivity index (χ4v) is 3.78. The number of carbonyl (C=O) groups is 2. The van der Waals surface area contributed by atoms with Crippen molar-refractivity contribution in [1.82, 2.24) is 4.90 Å². The summed E-state index contributed by atoms with van der Waals surface area (Å²) in [5.74, 6) is -0.448. The Morgan fingerprint density at radius 3 is 2.68 bits per heavy atom. The summed E-state index contributed by atoms with van der Waals surface area (Å²) in [5.41, 5.74) is 4.44. The van der Waals surface area contributed by atoms with Crippen LogP contribution in [0.3, 0.4) is 0 Å². The first-order chi connectivity index (χ1) is 12.1. The minimum atomic E-state index is -0.970. The third-order valence-corrected chi connectivity index (χ3v) is 5.03. The molecule has 4 rings (SSSR count). The van der Waals surface area contributed by atoms with Crippen LogP contribution in [0.1, 0.15) is 30.4 Å². The third kappa shape index (κ3) is 2.76. The fourth-order valence-electron chi connectivity index (χ4n) is 3.78. The van der Waals surface area contributed by atoms with Gasteiger partial charge in [0.25, 0.3) is 0 Å². The lowest BCUT2D eigenvalue weighted by atomic mass is 10.0. The number of hydrogen-bond donors (Lipinski definition) is 1. The largest absolute Gasteiger partial charge is 0.480 e. The van der Waals surface area contributed by atoms with E-state index >= 15 is 0 Å². The zero-order chi connectivity index (χ0) is 17.4. The van der Waals surface area contributed by atoms with Gasteiger partial charge in [-0.3, -0.25) is 4.90 Å². The Hall–Kier alpha value is -2.82. The van der Waals surface area contributed by atoms with Gasteiger partial charge in [-0.2, -0.15) is 0 Å². The van der Waals surface area contributed by atoms with Crippen LogP contribution >= 0.6 is 0 Å². The maximum atomic E-state index is 12.6. The van der Waals surface area contributed by atoms with Crippen LogP contribution in [-0.4, -0.2) is 34.7 Å². The van der Waals surface area contributed by atoms with Gasteiger partial charge in [-0.05, 0) is 42.0 Å². The summed E-state index contributed by atoms with van der Waals surface area (Å²) in [5, 5.41) is 9.35. The second-order valence-electron chi connectivity index (χ2n) is 6.53. The van der Waals surface area contributed by atoms with Crippen molar-refractivity contribution in [3.63, 3.8) is 0 Å². The lowest BCUT2D eigenvalue weighted by Gasteiger charge is -2.32. The van der Waals surface area contributed by atoms with Gasteiger partial charge >= 0.3 is 12.1 Å². The molecule has 128 valence electrons. The van der Waals surface area contributed by atoms with Crippen molar-refractivity contribution in [2.45, 2.75) is 31.7 Å². The van der Waals surface area contributed by atoms with E-state index < -0.39 is 18.1 Å². The van der Waals surface area contributed by atoms with Crippen molar-refractivity contribution >= 4 is 12.1 Å². The van der Waals surface area contributed by atoms with Crippen LogP contribution < -0.4 is 4.74 Å². The first-order valence-corrected chi connectivity index (χ1v) is 8.56. The summed E-state index contributed by atoms with van der Waals surface area (Å²) in [6.07, 6.45) is 2.24. The molecule has 5 nitrogen and oxygen atoms in total. The van der Waals surface area contributed by atoms with E-state index in [1.807, 2.05) is 24.3 Å². The van der Waals surface area contributed by atoms with Crippen molar-refractivity contribution in [2.24, 2.45) is 0 Å². The molecule has 1 heterocycles. The first-order valence-electron chi connectivity index (χ1n) is 8.56. The highest BCUT2D eigenvalue weighted by Gasteiger charge is 2.34. The molecule has 0 spiro atoms. The first kappa shape index (κ1) is 15.7. The number of fused-ring (bicyclic) bond motifs is 3. The number of nitrogens with zero attached hydrogens (tertiary/aromatic N) is 1. The van der Waals surface area contributed by atoms with Gasteiger partial charge in [0, 0.05) is 18.5 Å². The molecule has 1 saturated heterocycles. The number of hydrogen-bond acceptors (Lipinski definition) is 3. The molecule has 2 aliphatic rings. The number of amides is 1. The number of rotatable bonds is 2. The van der Waals surface area contributed by atoms with Gasteiger partial charge in [0.05, 0.1) is 0 Å². The standard InChI is InChI=1S/C20H19NO4/c22-19(23)17-9-3-4-11-21(17)20(24)25-18-10-5-8-15-14-7-2-1-6-13(14)12-16(15)18/h1-2,5-8,10,17H,3-4,9,11-12H2,(H,22,23). The molecule has 0 radical (unpaired) electrons. The Bertz CT molecular complexity index is 845. The fraction of sp³-hybridized carbons (Fsp3) is 0.300. The number of likely N-dealkylation sites (tertiary alicyclic amines) is 1. The Balaban J connectivity index is 1.60. The molecule has 0 bridgehead atoms.